The molecule has 0 aliphatic heterocycles. The maximum Gasteiger partial charge on any atom is 0.343 e. The van der Waals surface area contributed by atoms with E-state index in [1.165, 1.54) is 11.8 Å². The average Bonchev–Trinajstić information content (AvgIpc) is 2.80. The van der Waals surface area contributed by atoms with Crippen LogP contribution in [0, 0.1) is 6.92 Å². The predicted molar refractivity (Wildman–Crippen MR) is 126 cm³/mol. The van der Waals surface area contributed by atoms with Crippen molar-refractivity contribution in [3.05, 3.63) is 95.6 Å². The summed E-state index contributed by atoms with van der Waals surface area (Å²) in [5, 5.41) is 0.396. The highest BCUT2D eigenvalue weighted by Gasteiger charge is 2.11. The SMILES string of the molecule is Cc1ccc(N=C(N=CN)SCC(=O)c2ccc(OC(=O)c3ccccc3)cc2)cc1. The van der Waals surface area contributed by atoms with Crippen LogP contribution in [0.4, 0.5) is 5.69 Å². The maximum absolute atomic E-state index is 12.5. The Bertz CT molecular complexity index is 1090. The van der Waals surface area contributed by atoms with Crippen LogP contribution in [-0.2, 0) is 0 Å². The van der Waals surface area contributed by atoms with Crippen LogP contribution in [0.5, 0.6) is 5.75 Å². The van der Waals surface area contributed by atoms with E-state index >= 15 is 0 Å². The van der Waals surface area contributed by atoms with E-state index < -0.39 is 5.97 Å². The molecule has 0 fully saturated rings. The second kappa shape index (κ2) is 10.9. The second-order valence-corrected chi connectivity index (χ2v) is 7.44. The third kappa shape index (κ3) is 6.65. The number of benzene rings is 3. The summed E-state index contributed by atoms with van der Waals surface area (Å²) in [6, 6.07) is 22.8. The minimum atomic E-state index is -0.452. The third-order valence-corrected chi connectivity index (χ3v) is 5.03. The summed E-state index contributed by atoms with van der Waals surface area (Å²) < 4.78 is 5.33. The fourth-order valence-electron chi connectivity index (χ4n) is 2.55. The quantitative estimate of drug-likeness (QED) is 0.199. The lowest BCUT2D eigenvalue weighted by Crippen LogP contribution is -2.09. The molecule has 0 aliphatic carbocycles. The van der Waals surface area contributed by atoms with Crippen molar-refractivity contribution in [3.63, 3.8) is 0 Å². The van der Waals surface area contributed by atoms with Gasteiger partial charge in [0.15, 0.2) is 11.0 Å². The molecule has 3 rings (SSSR count). The molecule has 0 radical (unpaired) electrons. The molecule has 3 aromatic carbocycles. The summed E-state index contributed by atoms with van der Waals surface area (Å²) in [6.45, 7) is 1.99. The highest BCUT2D eigenvalue weighted by atomic mass is 32.2. The number of nitrogens with two attached hydrogens (primary N) is 1. The lowest BCUT2D eigenvalue weighted by Gasteiger charge is -2.06. The minimum Gasteiger partial charge on any atom is -0.423 e. The first-order valence-electron chi connectivity index (χ1n) is 9.48. The fourth-order valence-corrected chi connectivity index (χ4v) is 3.29. The van der Waals surface area contributed by atoms with Crippen molar-refractivity contribution in [2.24, 2.45) is 15.7 Å². The van der Waals surface area contributed by atoms with Crippen molar-refractivity contribution in [1.29, 1.82) is 0 Å². The number of aliphatic imine (C=N–C) groups is 2. The number of aryl methyl sites for hydroxylation is 1. The largest absolute Gasteiger partial charge is 0.423 e. The molecule has 0 heterocycles. The molecule has 31 heavy (non-hydrogen) atoms. The van der Waals surface area contributed by atoms with Gasteiger partial charge >= 0.3 is 5.97 Å². The molecular weight excluding hydrogens is 410 g/mol. The number of carbonyl (C=O) groups is 2. The average molecular weight is 432 g/mol. The molecule has 156 valence electrons. The third-order valence-electron chi connectivity index (χ3n) is 4.17. The van der Waals surface area contributed by atoms with Gasteiger partial charge in [0, 0.05) is 5.56 Å². The molecule has 0 amide bonds. The van der Waals surface area contributed by atoms with Gasteiger partial charge in [0.05, 0.1) is 23.3 Å². The Kier molecular flexibility index (Phi) is 7.73. The Morgan fingerprint density at radius 1 is 0.935 bits per heavy atom. The van der Waals surface area contributed by atoms with E-state index in [-0.39, 0.29) is 11.5 Å². The van der Waals surface area contributed by atoms with Gasteiger partial charge in [-0.25, -0.2) is 14.8 Å². The standard InChI is InChI=1S/C24H21N3O3S/c1-17-7-11-20(12-8-17)27-24(26-16-25)31-15-22(28)18-9-13-21(14-10-18)30-23(29)19-5-3-2-4-6-19/h2-14,16H,15H2,1H3,(H2,25,26,27). The molecule has 6 nitrogen and oxygen atoms in total. The number of nitrogens with zero attached hydrogens (tertiary/aromatic N) is 2. The van der Waals surface area contributed by atoms with Crippen molar-refractivity contribution < 1.29 is 14.3 Å². The Balaban J connectivity index is 1.60. The molecule has 7 heteroatoms. The summed E-state index contributed by atoms with van der Waals surface area (Å²) in [5.41, 5.74) is 8.23. The van der Waals surface area contributed by atoms with Gasteiger partial charge in [-0.15, -0.1) is 0 Å². The molecule has 0 saturated carbocycles. The number of carbonyl (C=O) groups excluding carboxylic acids is 2. The smallest absolute Gasteiger partial charge is 0.343 e. The van der Waals surface area contributed by atoms with Gasteiger partial charge < -0.3 is 10.5 Å². The van der Waals surface area contributed by atoms with Crippen LogP contribution < -0.4 is 10.5 Å². The number of esters is 1. The number of Topliss-reactive ketones (excluding diaryl/α,β-unsaturated/α-hetero) is 1. The zero-order chi connectivity index (χ0) is 22.1. The molecule has 0 spiro atoms. The number of ether oxygens (including phenoxy) is 1. The predicted octanol–water partition coefficient (Wildman–Crippen LogP) is 4.80. The van der Waals surface area contributed by atoms with E-state index in [4.69, 9.17) is 10.5 Å². The van der Waals surface area contributed by atoms with Gasteiger partial charge in [-0.1, -0.05) is 47.7 Å². The number of amidine groups is 1. The first-order chi connectivity index (χ1) is 15.0. The minimum absolute atomic E-state index is 0.102. The monoisotopic (exact) mass is 431 g/mol. The van der Waals surface area contributed by atoms with Gasteiger partial charge in [-0.2, -0.15) is 0 Å². The fraction of sp³-hybridized carbons (Fsp3) is 0.0833. The first-order valence-corrected chi connectivity index (χ1v) is 10.5. The van der Waals surface area contributed by atoms with Crippen LogP contribution in [0.15, 0.2) is 88.8 Å². The van der Waals surface area contributed by atoms with Gasteiger partial charge in [0.25, 0.3) is 0 Å². The zero-order valence-corrected chi connectivity index (χ0v) is 17.7. The Morgan fingerprint density at radius 2 is 1.61 bits per heavy atom. The second-order valence-electron chi connectivity index (χ2n) is 6.50. The van der Waals surface area contributed by atoms with Gasteiger partial charge in [0.1, 0.15) is 5.75 Å². The van der Waals surface area contributed by atoms with Crippen molar-refractivity contribution in [2.75, 3.05) is 5.75 Å². The van der Waals surface area contributed by atoms with Gasteiger partial charge in [-0.05, 0) is 55.5 Å². The topological polar surface area (TPSA) is 94.1 Å². The first kappa shape index (κ1) is 22.0. The van der Waals surface area contributed by atoms with Crippen molar-refractivity contribution in [3.8, 4) is 5.75 Å². The Hall–Kier alpha value is -3.71. The van der Waals surface area contributed by atoms with E-state index in [0.717, 1.165) is 17.6 Å². The van der Waals surface area contributed by atoms with E-state index in [1.807, 2.05) is 37.3 Å². The van der Waals surface area contributed by atoms with Crippen LogP contribution in [0.3, 0.4) is 0 Å². The number of thioether (sulfide) groups is 1. The van der Waals surface area contributed by atoms with Crippen molar-refractivity contribution in [2.45, 2.75) is 6.92 Å². The highest BCUT2D eigenvalue weighted by Crippen LogP contribution is 2.19. The molecule has 0 atom stereocenters. The van der Waals surface area contributed by atoms with Gasteiger partial charge in [0.2, 0.25) is 0 Å². The molecule has 0 bridgehead atoms. The summed E-state index contributed by atoms with van der Waals surface area (Å²) >= 11 is 1.20. The van der Waals surface area contributed by atoms with E-state index in [1.54, 1.807) is 48.5 Å². The van der Waals surface area contributed by atoms with Crippen molar-refractivity contribution in [1.82, 2.24) is 0 Å². The molecule has 0 unspecified atom stereocenters. The molecule has 0 saturated heterocycles. The zero-order valence-electron chi connectivity index (χ0n) is 16.9. The van der Waals surface area contributed by atoms with E-state index in [0.29, 0.717) is 22.0 Å². The van der Waals surface area contributed by atoms with E-state index in [2.05, 4.69) is 9.98 Å². The molecule has 3 aromatic rings. The van der Waals surface area contributed by atoms with Crippen LogP contribution >= 0.6 is 11.8 Å². The van der Waals surface area contributed by atoms with Crippen molar-refractivity contribution >= 4 is 40.7 Å². The van der Waals surface area contributed by atoms with Crippen LogP contribution in [0.2, 0.25) is 0 Å². The van der Waals surface area contributed by atoms with Gasteiger partial charge in [-0.3, -0.25) is 4.79 Å². The van der Waals surface area contributed by atoms with E-state index in [9.17, 15) is 9.59 Å². The summed E-state index contributed by atoms with van der Waals surface area (Å²) in [6.07, 6.45) is 1.15. The number of hydrogen-bond donors (Lipinski definition) is 1. The number of rotatable bonds is 6. The Labute approximate surface area is 184 Å². The lowest BCUT2D eigenvalue weighted by molar-refractivity contribution is 0.0734. The lowest BCUT2D eigenvalue weighted by atomic mass is 10.1. The van der Waals surface area contributed by atoms with Crippen LogP contribution in [0.25, 0.3) is 0 Å². The summed E-state index contributed by atoms with van der Waals surface area (Å²) in [7, 11) is 0. The normalized spacial score (nSPS) is 11.5. The molecule has 0 aromatic heterocycles. The maximum atomic E-state index is 12.5. The number of ketones is 1. The van der Waals surface area contributed by atoms with Crippen LogP contribution in [0.1, 0.15) is 26.3 Å². The molecular formula is C24H21N3O3S. The Morgan fingerprint density at radius 3 is 2.26 bits per heavy atom. The number of hydrogen-bond acceptors (Lipinski definition) is 5. The summed E-state index contributed by atoms with van der Waals surface area (Å²) in [4.78, 5) is 33.1. The molecule has 2 N–H and O–H groups in total. The molecule has 0 aliphatic rings. The van der Waals surface area contributed by atoms with Crippen LogP contribution in [-0.4, -0.2) is 29.0 Å². The highest BCUT2D eigenvalue weighted by molar-refractivity contribution is 8.14. The summed E-state index contributed by atoms with van der Waals surface area (Å²) in [5.74, 6) is -0.0421.